The largest absolute Gasteiger partial charge is 0.457 e. The molecule has 7 nitrogen and oxygen atoms in total. The number of fused-ring (bicyclic) bond motifs is 1. The monoisotopic (exact) mass is 400 g/mol. The van der Waals surface area contributed by atoms with E-state index in [1.165, 1.54) is 4.68 Å². The van der Waals surface area contributed by atoms with Gasteiger partial charge < -0.3 is 10.1 Å². The fourth-order valence-corrected chi connectivity index (χ4v) is 3.02. The van der Waals surface area contributed by atoms with Gasteiger partial charge in [0.1, 0.15) is 17.0 Å². The second kappa shape index (κ2) is 8.57. The van der Waals surface area contributed by atoms with Gasteiger partial charge in [-0.15, -0.1) is 5.10 Å². The molecule has 1 aromatic heterocycles. The summed E-state index contributed by atoms with van der Waals surface area (Å²) in [5, 5.41) is 11.2. The van der Waals surface area contributed by atoms with Crippen molar-refractivity contribution in [1.29, 1.82) is 0 Å². The van der Waals surface area contributed by atoms with Crippen molar-refractivity contribution in [3.8, 4) is 11.5 Å². The van der Waals surface area contributed by atoms with E-state index >= 15 is 0 Å². The molecule has 1 N–H and O–H groups in total. The molecular formula is C23H20N4O3. The van der Waals surface area contributed by atoms with E-state index < -0.39 is 0 Å². The topological polar surface area (TPSA) is 86.1 Å². The SMILES string of the molecule is Cc1cccc(Oc2ccc(NC(=O)CCn3nnc4ccccc4c3=O)cc2)c1. The van der Waals surface area contributed by atoms with Crippen LogP contribution in [-0.4, -0.2) is 20.9 Å². The van der Waals surface area contributed by atoms with E-state index in [-0.39, 0.29) is 24.4 Å². The number of anilines is 1. The molecule has 0 atom stereocenters. The molecule has 0 spiro atoms. The summed E-state index contributed by atoms with van der Waals surface area (Å²) in [6.45, 7) is 2.15. The highest BCUT2D eigenvalue weighted by atomic mass is 16.5. The quantitative estimate of drug-likeness (QED) is 0.530. The van der Waals surface area contributed by atoms with Crippen LogP contribution in [0.1, 0.15) is 12.0 Å². The molecule has 0 aliphatic heterocycles. The van der Waals surface area contributed by atoms with E-state index in [4.69, 9.17) is 4.74 Å². The van der Waals surface area contributed by atoms with Gasteiger partial charge in [-0.3, -0.25) is 9.59 Å². The van der Waals surface area contributed by atoms with E-state index in [0.29, 0.717) is 22.3 Å². The van der Waals surface area contributed by atoms with Crippen LogP contribution in [0.4, 0.5) is 5.69 Å². The van der Waals surface area contributed by atoms with Gasteiger partial charge in [0.15, 0.2) is 0 Å². The summed E-state index contributed by atoms with van der Waals surface area (Å²) in [5.74, 6) is 1.22. The maximum absolute atomic E-state index is 12.4. The summed E-state index contributed by atoms with van der Waals surface area (Å²) < 4.78 is 7.02. The number of nitrogens with one attached hydrogen (secondary N) is 1. The first-order chi connectivity index (χ1) is 14.6. The van der Waals surface area contributed by atoms with Crippen molar-refractivity contribution in [2.75, 3.05) is 5.32 Å². The van der Waals surface area contributed by atoms with E-state index in [0.717, 1.165) is 11.3 Å². The number of amides is 1. The van der Waals surface area contributed by atoms with Crippen molar-refractivity contribution >= 4 is 22.5 Å². The Morgan fingerprint density at radius 1 is 1.00 bits per heavy atom. The normalized spacial score (nSPS) is 10.7. The van der Waals surface area contributed by atoms with Crippen molar-refractivity contribution in [2.45, 2.75) is 19.9 Å². The lowest BCUT2D eigenvalue weighted by atomic mass is 10.2. The van der Waals surface area contributed by atoms with Crippen LogP contribution in [0.25, 0.3) is 10.9 Å². The highest BCUT2D eigenvalue weighted by molar-refractivity contribution is 5.90. The molecule has 4 aromatic rings. The minimum Gasteiger partial charge on any atom is -0.457 e. The first-order valence-corrected chi connectivity index (χ1v) is 9.55. The second-order valence-corrected chi connectivity index (χ2v) is 6.88. The average Bonchev–Trinajstić information content (AvgIpc) is 2.75. The van der Waals surface area contributed by atoms with Crippen LogP contribution in [0.3, 0.4) is 0 Å². The Balaban J connectivity index is 1.35. The number of aromatic nitrogens is 3. The standard InChI is InChI=1S/C23H20N4O3/c1-16-5-4-6-19(15-16)30-18-11-9-17(10-12-18)24-22(28)13-14-27-23(29)20-7-2-3-8-21(20)25-26-27/h2-12,15H,13-14H2,1H3,(H,24,28). The first-order valence-electron chi connectivity index (χ1n) is 9.55. The number of ether oxygens (including phenoxy) is 1. The lowest BCUT2D eigenvalue weighted by Crippen LogP contribution is -2.26. The molecule has 0 saturated carbocycles. The third-order valence-electron chi connectivity index (χ3n) is 4.54. The van der Waals surface area contributed by atoms with Crippen molar-refractivity contribution in [2.24, 2.45) is 0 Å². The molecular weight excluding hydrogens is 380 g/mol. The number of rotatable bonds is 6. The van der Waals surface area contributed by atoms with Gasteiger partial charge in [0.2, 0.25) is 5.91 Å². The zero-order chi connectivity index (χ0) is 20.9. The molecule has 150 valence electrons. The number of carbonyl (C=O) groups excluding carboxylic acids is 1. The fourth-order valence-electron chi connectivity index (χ4n) is 3.02. The minimum atomic E-state index is -0.258. The molecule has 3 aromatic carbocycles. The van der Waals surface area contributed by atoms with Gasteiger partial charge in [-0.1, -0.05) is 29.5 Å². The number of benzene rings is 3. The van der Waals surface area contributed by atoms with Gasteiger partial charge >= 0.3 is 0 Å². The fraction of sp³-hybridized carbons (Fsp3) is 0.130. The zero-order valence-corrected chi connectivity index (χ0v) is 16.4. The van der Waals surface area contributed by atoms with Crippen molar-refractivity contribution in [3.05, 3.63) is 88.7 Å². The number of hydrogen-bond acceptors (Lipinski definition) is 5. The van der Waals surface area contributed by atoms with Crippen molar-refractivity contribution in [1.82, 2.24) is 15.0 Å². The number of nitrogens with zero attached hydrogens (tertiary/aromatic N) is 3. The second-order valence-electron chi connectivity index (χ2n) is 6.88. The lowest BCUT2D eigenvalue weighted by Gasteiger charge is -2.09. The molecule has 1 heterocycles. The van der Waals surface area contributed by atoms with Gasteiger partial charge in [-0.05, 0) is 61.0 Å². The van der Waals surface area contributed by atoms with Gasteiger partial charge in [-0.25, -0.2) is 4.68 Å². The molecule has 1 amide bonds. The molecule has 0 unspecified atom stereocenters. The summed E-state index contributed by atoms with van der Waals surface area (Å²) in [7, 11) is 0. The Morgan fingerprint density at radius 2 is 1.80 bits per heavy atom. The Labute approximate surface area is 172 Å². The van der Waals surface area contributed by atoms with Crippen molar-refractivity contribution in [3.63, 3.8) is 0 Å². The summed E-state index contributed by atoms with van der Waals surface area (Å²) in [5.41, 5.74) is 2.04. The number of hydrogen-bond donors (Lipinski definition) is 1. The Hall–Kier alpha value is -4.00. The number of carbonyl (C=O) groups is 1. The van der Waals surface area contributed by atoms with Crippen LogP contribution in [-0.2, 0) is 11.3 Å². The summed E-state index contributed by atoms with van der Waals surface area (Å²) in [6.07, 6.45) is 0.106. The molecule has 0 fully saturated rings. The first kappa shape index (κ1) is 19.3. The van der Waals surface area contributed by atoms with E-state index in [9.17, 15) is 9.59 Å². The summed E-state index contributed by atoms with van der Waals surface area (Å²) in [4.78, 5) is 24.7. The Kier molecular flexibility index (Phi) is 5.52. The average molecular weight is 400 g/mol. The molecule has 30 heavy (non-hydrogen) atoms. The molecule has 7 heteroatoms. The van der Waals surface area contributed by atoms with Gasteiger partial charge in [-0.2, -0.15) is 0 Å². The minimum absolute atomic E-state index is 0.106. The Bertz CT molecular complexity index is 1250. The lowest BCUT2D eigenvalue weighted by molar-refractivity contribution is -0.116. The predicted molar refractivity (Wildman–Crippen MR) is 115 cm³/mol. The molecule has 0 bridgehead atoms. The summed E-state index contributed by atoms with van der Waals surface area (Å²) >= 11 is 0. The van der Waals surface area contributed by atoms with Crippen LogP contribution in [0, 0.1) is 6.92 Å². The number of aryl methyl sites for hydroxylation is 2. The van der Waals surface area contributed by atoms with Crippen molar-refractivity contribution < 1.29 is 9.53 Å². The van der Waals surface area contributed by atoms with Crippen LogP contribution >= 0.6 is 0 Å². The van der Waals surface area contributed by atoms with Crippen LogP contribution in [0.15, 0.2) is 77.6 Å². The highest BCUT2D eigenvalue weighted by Crippen LogP contribution is 2.23. The maximum atomic E-state index is 12.4. The Morgan fingerprint density at radius 3 is 2.60 bits per heavy atom. The molecule has 0 aliphatic rings. The summed E-state index contributed by atoms with van der Waals surface area (Å²) in [6, 6.07) is 21.9. The smallest absolute Gasteiger partial charge is 0.277 e. The van der Waals surface area contributed by atoms with Crippen LogP contribution in [0.2, 0.25) is 0 Å². The predicted octanol–water partition coefficient (Wildman–Crippen LogP) is 3.92. The van der Waals surface area contributed by atoms with Crippen LogP contribution in [0.5, 0.6) is 11.5 Å². The van der Waals surface area contributed by atoms with E-state index in [1.54, 1.807) is 48.5 Å². The van der Waals surface area contributed by atoms with E-state index in [1.807, 2.05) is 31.2 Å². The van der Waals surface area contributed by atoms with E-state index in [2.05, 4.69) is 15.6 Å². The molecule has 4 rings (SSSR count). The molecule has 0 saturated heterocycles. The third-order valence-corrected chi connectivity index (χ3v) is 4.54. The maximum Gasteiger partial charge on any atom is 0.277 e. The molecule has 0 radical (unpaired) electrons. The van der Waals surface area contributed by atoms with Gasteiger partial charge in [0.05, 0.1) is 11.9 Å². The van der Waals surface area contributed by atoms with Gasteiger partial charge in [0, 0.05) is 12.1 Å². The highest BCUT2D eigenvalue weighted by Gasteiger charge is 2.08. The van der Waals surface area contributed by atoms with Gasteiger partial charge in [0.25, 0.3) is 5.56 Å². The molecule has 0 aliphatic carbocycles. The van der Waals surface area contributed by atoms with Crippen LogP contribution < -0.4 is 15.6 Å². The third kappa shape index (κ3) is 4.52. The zero-order valence-electron chi connectivity index (χ0n) is 16.4.